The van der Waals surface area contributed by atoms with Crippen LogP contribution < -0.4 is 4.83 Å². The number of hydrazone groups is 1. The van der Waals surface area contributed by atoms with Crippen molar-refractivity contribution in [1.29, 1.82) is 0 Å². The third kappa shape index (κ3) is 3.53. The van der Waals surface area contributed by atoms with Crippen molar-refractivity contribution < 1.29 is 17.8 Å². The fraction of sp³-hybridized carbons (Fsp3) is 0.0625. The number of nitro benzene ring substituents is 1. The Kier molecular flexibility index (Phi) is 4.66. The third-order valence-electron chi connectivity index (χ3n) is 3.54. The van der Waals surface area contributed by atoms with Crippen molar-refractivity contribution in [2.75, 3.05) is 0 Å². The molecule has 0 bridgehead atoms. The fourth-order valence-electron chi connectivity index (χ4n) is 2.20. The van der Waals surface area contributed by atoms with Crippen molar-refractivity contribution in [3.63, 3.8) is 0 Å². The molecule has 2 aromatic carbocycles. The standard InChI is InChI=1S/C16H12ClN3O5S/c1-10(16-8-11-4-2-3-5-15(11)25-16)18-19-26(23,24)12-6-7-13(17)14(9-12)20(21)22/h2-9,19H,1H3/b18-10-. The van der Waals surface area contributed by atoms with E-state index in [9.17, 15) is 18.5 Å². The van der Waals surface area contributed by atoms with E-state index in [0.29, 0.717) is 17.1 Å². The monoisotopic (exact) mass is 393 g/mol. The molecule has 0 aliphatic heterocycles. The number of fused-ring (bicyclic) bond motifs is 1. The van der Waals surface area contributed by atoms with Gasteiger partial charge in [-0.15, -0.1) is 0 Å². The minimum Gasteiger partial charge on any atom is -0.455 e. The van der Waals surface area contributed by atoms with Crippen LogP contribution in [0.5, 0.6) is 0 Å². The van der Waals surface area contributed by atoms with Crippen molar-refractivity contribution >= 4 is 44.0 Å². The zero-order valence-corrected chi connectivity index (χ0v) is 14.9. The second-order valence-electron chi connectivity index (χ2n) is 5.31. The van der Waals surface area contributed by atoms with E-state index in [1.807, 2.05) is 23.0 Å². The predicted octanol–water partition coefficient (Wildman–Crippen LogP) is 3.70. The van der Waals surface area contributed by atoms with E-state index >= 15 is 0 Å². The molecule has 3 aromatic rings. The number of benzene rings is 2. The molecule has 0 amide bonds. The first-order chi connectivity index (χ1) is 12.3. The van der Waals surface area contributed by atoms with Crippen LogP contribution in [0.25, 0.3) is 11.0 Å². The Morgan fingerprint density at radius 2 is 1.96 bits per heavy atom. The van der Waals surface area contributed by atoms with Crippen molar-refractivity contribution in [3.05, 3.63) is 69.4 Å². The summed E-state index contributed by atoms with van der Waals surface area (Å²) >= 11 is 5.69. The van der Waals surface area contributed by atoms with Crippen LogP contribution >= 0.6 is 11.6 Å². The van der Waals surface area contributed by atoms with Gasteiger partial charge in [-0.05, 0) is 31.2 Å². The Morgan fingerprint density at radius 3 is 2.65 bits per heavy atom. The molecular weight excluding hydrogens is 382 g/mol. The van der Waals surface area contributed by atoms with Crippen LogP contribution in [0.4, 0.5) is 5.69 Å². The topological polar surface area (TPSA) is 115 Å². The highest BCUT2D eigenvalue weighted by molar-refractivity contribution is 7.89. The predicted molar refractivity (Wildman–Crippen MR) is 96.9 cm³/mol. The van der Waals surface area contributed by atoms with Gasteiger partial charge in [0.25, 0.3) is 15.7 Å². The van der Waals surface area contributed by atoms with Crippen LogP contribution in [0.3, 0.4) is 0 Å². The van der Waals surface area contributed by atoms with E-state index in [2.05, 4.69) is 5.10 Å². The van der Waals surface area contributed by atoms with E-state index in [1.54, 1.807) is 19.1 Å². The highest BCUT2D eigenvalue weighted by Gasteiger charge is 2.20. The van der Waals surface area contributed by atoms with Gasteiger partial charge in [-0.3, -0.25) is 10.1 Å². The Balaban J connectivity index is 1.88. The summed E-state index contributed by atoms with van der Waals surface area (Å²) < 4.78 is 30.2. The summed E-state index contributed by atoms with van der Waals surface area (Å²) in [6, 6.07) is 12.2. The first-order valence-electron chi connectivity index (χ1n) is 7.27. The molecule has 0 saturated heterocycles. The lowest BCUT2D eigenvalue weighted by atomic mass is 10.2. The molecule has 0 aliphatic carbocycles. The highest BCUT2D eigenvalue weighted by atomic mass is 35.5. The van der Waals surface area contributed by atoms with E-state index in [0.717, 1.165) is 23.6 Å². The van der Waals surface area contributed by atoms with Crippen molar-refractivity contribution in [2.45, 2.75) is 11.8 Å². The molecule has 134 valence electrons. The van der Waals surface area contributed by atoms with Gasteiger partial charge in [-0.2, -0.15) is 18.4 Å². The van der Waals surface area contributed by atoms with E-state index in [1.165, 1.54) is 0 Å². The minimum absolute atomic E-state index is 0.157. The summed E-state index contributed by atoms with van der Waals surface area (Å²) in [7, 11) is -4.11. The smallest absolute Gasteiger partial charge is 0.289 e. The van der Waals surface area contributed by atoms with Crippen molar-refractivity contribution in [1.82, 2.24) is 4.83 Å². The molecule has 1 N–H and O–H groups in total. The number of nitrogens with zero attached hydrogens (tertiary/aromatic N) is 2. The maximum absolute atomic E-state index is 12.3. The minimum atomic E-state index is -4.11. The Bertz CT molecular complexity index is 1100. The molecule has 3 rings (SSSR count). The number of para-hydroxylation sites is 1. The molecule has 1 heterocycles. The Labute approximate surface area is 153 Å². The number of furan rings is 1. The van der Waals surface area contributed by atoms with Gasteiger partial charge in [0.15, 0.2) is 5.76 Å². The van der Waals surface area contributed by atoms with Gasteiger partial charge in [-0.1, -0.05) is 29.8 Å². The lowest BCUT2D eigenvalue weighted by molar-refractivity contribution is -0.384. The molecule has 0 spiro atoms. The average Bonchev–Trinajstić information content (AvgIpc) is 3.04. The summed E-state index contributed by atoms with van der Waals surface area (Å²) in [4.78, 5) is 11.9. The van der Waals surface area contributed by atoms with Crippen molar-refractivity contribution in [3.8, 4) is 0 Å². The van der Waals surface area contributed by atoms with E-state index in [4.69, 9.17) is 16.0 Å². The second-order valence-corrected chi connectivity index (χ2v) is 7.38. The van der Waals surface area contributed by atoms with Gasteiger partial charge < -0.3 is 4.42 Å². The number of hydrogen-bond acceptors (Lipinski definition) is 6. The number of hydrogen-bond donors (Lipinski definition) is 1. The van der Waals surface area contributed by atoms with Crippen LogP contribution in [0.15, 0.2) is 62.9 Å². The SMILES string of the molecule is C/C(=N/NS(=O)(=O)c1ccc(Cl)c([N+](=O)[O-])c1)c1cc2ccccc2o1. The summed E-state index contributed by atoms with van der Waals surface area (Å²) in [6.45, 7) is 1.57. The molecule has 0 atom stereocenters. The van der Waals surface area contributed by atoms with Gasteiger partial charge in [-0.25, -0.2) is 0 Å². The van der Waals surface area contributed by atoms with Crippen molar-refractivity contribution in [2.24, 2.45) is 5.10 Å². The molecule has 0 radical (unpaired) electrons. The summed E-state index contributed by atoms with van der Waals surface area (Å²) in [5.74, 6) is 0.399. The third-order valence-corrected chi connectivity index (χ3v) is 5.07. The molecule has 0 unspecified atom stereocenters. The normalized spacial score (nSPS) is 12.3. The molecule has 26 heavy (non-hydrogen) atoms. The lowest BCUT2D eigenvalue weighted by Gasteiger charge is -2.05. The Hall–Kier alpha value is -2.91. The molecule has 1 aromatic heterocycles. The zero-order valence-electron chi connectivity index (χ0n) is 13.3. The maximum atomic E-state index is 12.3. The average molecular weight is 394 g/mol. The molecule has 10 heteroatoms. The van der Waals surface area contributed by atoms with E-state index < -0.39 is 20.6 Å². The molecular formula is C16H12ClN3O5S. The zero-order chi connectivity index (χ0) is 18.9. The van der Waals surface area contributed by atoms with Gasteiger partial charge in [0, 0.05) is 11.5 Å². The largest absolute Gasteiger partial charge is 0.455 e. The highest BCUT2D eigenvalue weighted by Crippen LogP contribution is 2.27. The van der Waals surface area contributed by atoms with Gasteiger partial charge in [0.05, 0.1) is 9.82 Å². The Morgan fingerprint density at radius 1 is 1.23 bits per heavy atom. The fourth-order valence-corrected chi connectivity index (χ4v) is 3.26. The lowest BCUT2D eigenvalue weighted by Crippen LogP contribution is -2.20. The van der Waals surface area contributed by atoms with Crippen LogP contribution in [-0.4, -0.2) is 19.1 Å². The summed E-state index contributed by atoms with van der Waals surface area (Å²) in [5, 5.41) is 15.4. The molecule has 0 fully saturated rings. The second kappa shape index (κ2) is 6.77. The van der Waals surface area contributed by atoms with Gasteiger partial charge in [0.1, 0.15) is 16.3 Å². The number of sulfonamides is 1. The van der Waals surface area contributed by atoms with Crippen LogP contribution in [-0.2, 0) is 10.0 Å². The van der Waals surface area contributed by atoms with Crippen LogP contribution in [0.2, 0.25) is 5.02 Å². The summed E-state index contributed by atoms with van der Waals surface area (Å²) in [6.07, 6.45) is 0. The number of nitrogens with one attached hydrogen (secondary N) is 1. The number of halogens is 1. The molecule has 8 nitrogen and oxygen atoms in total. The first-order valence-corrected chi connectivity index (χ1v) is 9.13. The van der Waals surface area contributed by atoms with Crippen LogP contribution in [0.1, 0.15) is 12.7 Å². The van der Waals surface area contributed by atoms with E-state index in [-0.39, 0.29) is 9.92 Å². The van der Waals surface area contributed by atoms with Gasteiger partial charge >= 0.3 is 0 Å². The summed E-state index contributed by atoms with van der Waals surface area (Å²) in [5.41, 5.74) is 0.439. The molecule has 0 saturated carbocycles. The quantitative estimate of drug-likeness (QED) is 0.403. The molecule has 0 aliphatic rings. The number of nitro groups is 1. The maximum Gasteiger partial charge on any atom is 0.289 e. The number of rotatable bonds is 5. The first kappa shape index (κ1) is 17.9. The van der Waals surface area contributed by atoms with Crippen LogP contribution in [0, 0.1) is 10.1 Å². The van der Waals surface area contributed by atoms with Gasteiger partial charge in [0.2, 0.25) is 0 Å².